The van der Waals surface area contributed by atoms with E-state index in [1.807, 2.05) is 49.4 Å². The van der Waals surface area contributed by atoms with Gasteiger partial charge in [0.1, 0.15) is 11.5 Å². The number of ether oxygens (including phenoxy) is 2. The number of anilines is 1. The van der Waals surface area contributed by atoms with Gasteiger partial charge in [0, 0.05) is 12.2 Å². The predicted molar refractivity (Wildman–Crippen MR) is 84.2 cm³/mol. The van der Waals surface area contributed by atoms with E-state index in [0.29, 0.717) is 6.54 Å². The SMILES string of the molecule is COc1cccc(C(O)CNc2ccc(OC)cc2C)c1. The Balaban J connectivity index is 2.01. The quantitative estimate of drug-likeness (QED) is 0.857. The summed E-state index contributed by atoms with van der Waals surface area (Å²) in [4.78, 5) is 0. The van der Waals surface area contributed by atoms with Crippen molar-refractivity contribution in [2.75, 3.05) is 26.1 Å². The summed E-state index contributed by atoms with van der Waals surface area (Å²) in [6.07, 6.45) is -0.596. The van der Waals surface area contributed by atoms with Gasteiger partial charge in [0.05, 0.1) is 20.3 Å². The average molecular weight is 287 g/mol. The number of aliphatic hydroxyl groups excluding tert-OH is 1. The molecule has 2 aromatic carbocycles. The van der Waals surface area contributed by atoms with Crippen molar-refractivity contribution < 1.29 is 14.6 Å². The topological polar surface area (TPSA) is 50.7 Å². The van der Waals surface area contributed by atoms with Gasteiger partial charge in [-0.3, -0.25) is 0 Å². The van der Waals surface area contributed by atoms with E-state index in [-0.39, 0.29) is 0 Å². The monoisotopic (exact) mass is 287 g/mol. The Morgan fingerprint density at radius 3 is 2.43 bits per heavy atom. The molecule has 0 aromatic heterocycles. The Labute approximate surface area is 125 Å². The largest absolute Gasteiger partial charge is 0.497 e. The molecule has 0 radical (unpaired) electrons. The molecule has 112 valence electrons. The van der Waals surface area contributed by atoms with Crippen LogP contribution >= 0.6 is 0 Å². The van der Waals surface area contributed by atoms with E-state index >= 15 is 0 Å². The third kappa shape index (κ3) is 3.89. The minimum Gasteiger partial charge on any atom is -0.497 e. The molecule has 2 N–H and O–H groups in total. The summed E-state index contributed by atoms with van der Waals surface area (Å²) in [6.45, 7) is 2.43. The molecule has 0 aliphatic carbocycles. The highest BCUT2D eigenvalue weighted by molar-refractivity contribution is 5.53. The highest BCUT2D eigenvalue weighted by atomic mass is 16.5. The Hall–Kier alpha value is -2.20. The van der Waals surface area contributed by atoms with Gasteiger partial charge in [-0.1, -0.05) is 12.1 Å². The highest BCUT2D eigenvalue weighted by Crippen LogP contribution is 2.23. The van der Waals surface area contributed by atoms with Gasteiger partial charge in [-0.05, 0) is 48.4 Å². The second kappa shape index (κ2) is 6.99. The molecule has 0 saturated carbocycles. The van der Waals surface area contributed by atoms with Gasteiger partial charge < -0.3 is 19.9 Å². The summed E-state index contributed by atoms with van der Waals surface area (Å²) in [7, 11) is 3.26. The van der Waals surface area contributed by atoms with Gasteiger partial charge in [0.2, 0.25) is 0 Å². The first-order valence-corrected chi connectivity index (χ1v) is 6.84. The minimum absolute atomic E-state index is 0.431. The molecule has 0 heterocycles. The Bertz CT molecular complexity index is 598. The second-order valence-corrected chi connectivity index (χ2v) is 4.85. The van der Waals surface area contributed by atoms with Crippen LogP contribution in [0.25, 0.3) is 0 Å². The number of methoxy groups -OCH3 is 2. The van der Waals surface area contributed by atoms with E-state index in [9.17, 15) is 5.11 Å². The summed E-state index contributed by atoms with van der Waals surface area (Å²) in [5.74, 6) is 1.57. The molecule has 1 unspecified atom stereocenters. The fourth-order valence-corrected chi connectivity index (χ4v) is 2.13. The molecule has 0 bridgehead atoms. The van der Waals surface area contributed by atoms with Crippen molar-refractivity contribution in [2.45, 2.75) is 13.0 Å². The van der Waals surface area contributed by atoms with Crippen LogP contribution in [0.15, 0.2) is 42.5 Å². The number of aliphatic hydroxyl groups is 1. The van der Waals surface area contributed by atoms with Crippen LogP contribution in [0.2, 0.25) is 0 Å². The van der Waals surface area contributed by atoms with E-state index in [1.54, 1.807) is 14.2 Å². The summed E-state index contributed by atoms with van der Waals surface area (Å²) in [5.41, 5.74) is 2.89. The maximum Gasteiger partial charge on any atom is 0.119 e. The fourth-order valence-electron chi connectivity index (χ4n) is 2.13. The van der Waals surface area contributed by atoms with E-state index < -0.39 is 6.10 Å². The number of nitrogens with one attached hydrogen (secondary N) is 1. The molecule has 4 nitrogen and oxygen atoms in total. The van der Waals surface area contributed by atoms with Crippen LogP contribution in [0.1, 0.15) is 17.2 Å². The maximum absolute atomic E-state index is 10.3. The van der Waals surface area contributed by atoms with Crippen LogP contribution in [0.4, 0.5) is 5.69 Å². The van der Waals surface area contributed by atoms with Crippen LogP contribution in [0.3, 0.4) is 0 Å². The predicted octanol–water partition coefficient (Wildman–Crippen LogP) is 3.16. The van der Waals surface area contributed by atoms with Gasteiger partial charge in [0.15, 0.2) is 0 Å². The van der Waals surface area contributed by atoms with Crippen LogP contribution in [0, 0.1) is 6.92 Å². The number of hydrogen-bond acceptors (Lipinski definition) is 4. The summed E-state index contributed by atoms with van der Waals surface area (Å²) >= 11 is 0. The smallest absolute Gasteiger partial charge is 0.119 e. The minimum atomic E-state index is -0.596. The highest BCUT2D eigenvalue weighted by Gasteiger charge is 2.09. The van der Waals surface area contributed by atoms with E-state index in [2.05, 4.69) is 5.32 Å². The zero-order valence-corrected chi connectivity index (χ0v) is 12.6. The third-order valence-corrected chi connectivity index (χ3v) is 3.40. The average Bonchev–Trinajstić information content (AvgIpc) is 2.53. The zero-order valence-electron chi connectivity index (χ0n) is 12.6. The second-order valence-electron chi connectivity index (χ2n) is 4.85. The molecule has 2 aromatic rings. The summed E-state index contributed by atoms with van der Waals surface area (Å²) in [6, 6.07) is 13.3. The fraction of sp³-hybridized carbons (Fsp3) is 0.294. The van der Waals surface area contributed by atoms with Crippen LogP contribution < -0.4 is 14.8 Å². The van der Waals surface area contributed by atoms with E-state index in [4.69, 9.17) is 9.47 Å². The van der Waals surface area contributed by atoms with Crippen molar-refractivity contribution >= 4 is 5.69 Å². The lowest BCUT2D eigenvalue weighted by Gasteiger charge is -2.16. The van der Waals surface area contributed by atoms with Crippen molar-refractivity contribution in [1.82, 2.24) is 0 Å². The maximum atomic E-state index is 10.3. The molecule has 21 heavy (non-hydrogen) atoms. The summed E-state index contributed by atoms with van der Waals surface area (Å²) in [5, 5.41) is 13.5. The number of benzene rings is 2. The lowest BCUT2D eigenvalue weighted by molar-refractivity contribution is 0.191. The van der Waals surface area contributed by atoms with Crippen molar-refractivity contribution in [3.8, 4) is 11.5 Å². The Morgan fingerprint density at radius 1 is 1.05 bits per heavy atom. The first-order valence-electron chi connectivity index (χ1n) is 6.84. The number of hydrogen-bond donors (Lipinski definition) is 2. The lowest BCUT2D eigenvalue weighted by atomic mass is 10.1. The Morgan fingerprint density at radius 2 is 1.76 bits per heavy atom. The standard InChI is InChI=1S/C17H21NO3/c1-12-9-15(21-3)7-8-16(12)18-11-17(19)13-5-4-6-14(10-13)20-2/h4-10,17-19H,11H2,1-3H3. The first kappa shape index (κ1) is 15.2. The van der Waals surface area contributed by atoms with Crippen LogP contribution in [-0.2, 0) is 0 Å². The molecule has 4 heteroatoms. The normalized spacial score (nSPS) is 11.8. The van der Waals surface area contributed by atoms with Gasteiger partial charge in [-0.25, -0.2) is 0 Å². The molecule has 0 amide bonds. The van der Waals surface area contributed by atoms with Gasteiger partial charge >= 0.3 is 0 Å². The summed E-state index contributed by atoms with van der Waals surface area (Å²) < 4.78 is 10.3. The molecule has 0 fully saturated rings. The molecule has 1 atom stereocenters. The Kier molecular flexibility index (Phi) is 5.06. The van der Waals surface area contributed by atoms with Crippen molar-refractivity contribution in [3.63, 3.8) is 0 Å². The van der Waals surface area contributed by atoms with Crippen molar-refractivity contribution in [3.05, 3.63) is 53.6 Å². The molecule has 0 saturated heterocycles. The zero-order chi connectivity index (χ0) is 15.2. The molecule has 0 aliphatic rings. The van der Waals surface area contributed by atoms with Crippen molar-refractivity contribution in [2.24, 2.45) is 0 Å². The molecule has 0 spiro atoms. The molecular formula is C17H21NO3. The molecule has 2 rings (SSSR count). The van der Waals surface area contributed by atoms with Gasteiger partial charge in [-0.2, -0.15) is 0 Å². The lowest BCUT2D eigenvalue weighted by Crippen LogP contribution is -2.12. The number of aryl methyl sites for hydroxylation is 1. The van der Waals surface area contributed by atoms with Gasteiger partial charge in [-0.15, -0.1) is 0 Å². The van der Waals surface area contributed by atoms with Crippen LogP contribution in [-0.4, -0.2) is 25.9 Å². The van der Waals surface area contributed by atoms with Crippen LogP contribution in [0.5, 0.6) is 11.5 Å². The number of rotatable bonds is 6. The molecule has 0 aliphatic heterocycles. The third-order valence-electron chi connectivity index (χ3n) is 3.40. The van der Waals surface area contributed by atoms with E-state index in [1.165, 1.54) is 0 Å². The van der Waals surface area contributed by atoms with Crippen molar-refractivity contribution in [1.29, 1.82) is 0 Å². The van der Waals surface area contributed by atoms with E-state index in [0.717, 1.165) is 28.3 Å². The molecular weight excluding hydrogens is 266 g/mol. The van der Waals surface area contributed by atoms with Gasteiger partial charge in [0.25, 0.3) is 0 Å². The first-order chi connectivity index (χ1) is 10.1.